The normalized spacial score (nSPS) is 13.7. The van der Waals surface area contributed by atoms with Crippen LogP contribution in [0.1, 0.15) is 25.1 Å². The Balaban J connectivity index is 1.61. The van der Waals surface area contributed by atoms with Crippen LogP contribution in [0.4, 0.5) is 0 Å². The molecular formula is C19H21N3O3. The molecule has 0 bridgehead atoms. The SMILES string of the molecule is CC(C)(CNC(=O)C=Cc1cnccn1)c1ccc2c(c1)OCCO2. The summed E-state index contributed by atoms with van der Waals surface area (Å²) in [5.74, 6) is 1.35. The second-order valence-electron chi connectivity index (χ2n) is 6.42. The van der Waals surface area contributed by atoms with Crippen molar-refractivity contribution in [3.63, 3.8) is 0 Å². The predicted octanol–water partition coefficient (Wildman–Crippen LogP) is 2.36. The molecule has 0 atom stereocenters. The highest BCUT2D eigenvalue weighted by Gasteiger charge is 2.23. The molecule has 0 aliphatic carbocycles. The maximum atomic E-state index is 12.0. The van der Waals surface area contributed by atoms with Gasteiger partial charge in [0.1, 0.15) is 13.2 Å². The number of carbonyl (C=O) groups excluding carboxylic acids is 1. The number of nitrogens with zero attached hydrogens (tertiary/aromatic N) is 2. The number of amides is 1. The number of benzene rings is 1. The number of hydrogen-bond donors (Lipinski definition) is 1. The Morgan fingerprint density at radius 2 is 2.04 bits per heavy atom. The van der Waals surface area contributed by atoms with Crippen molar-refractivity contribution in [1.29, 1.82) is 0 Å². The molecule has 0 radical (unpaired) electrons. The minimum absolute atomic E-state index is 0.170. The standard InChI is InChI=1S/C19H21N3O3/c1-19(2,14-3-5-16-17(11-14)25-10-9-24-16)13-22-18(23)6-4-15-12-20-7-8-21-15/h3-8,11-12H,9-10,13H2,1-2H3,(H,22,23). The number of nitrogens with one attached hydrogen (secondary N) is 1. The van der Waals surface area contributed by atoms with Gasteiger partial charge in [0.05, 0.1) is 11.9 Å². The van der Waals surface area contributed by atoms with Gasteiger partial charge in [0.15, 0.2) is 11.5 Å². The molecule has 6 heteroatoms. The summed E-state index contributed by atoms with van der Waals surface area (Å²) in [6.45, 7) is 5.77. The van der Waals surface area contributed by atoms with E-state index in [1.165, 1.54) is 6.08 Å². The molecular weight excluding hydrogens is 318 g/mol. The van der Waals surface area contributed by atoms with E-state index >= 15 is 0 Å². The summed E-state index contributed by atoms with van der Waals surface area (Å²) in [4.78, 5) is 20.1. The van der Waals surface area contributed by atoms with Gasteiger partial charge >= 0.3 is 0 Å². The number of aromatic nitrogens is 2. The first-order valence-electron chi connectivity index (χ1n) is 8.17. The first kappa shape index (κ1) is 17.0. The molecule has 1 aliphatic rings. The maximum Gasteiger partial charge on any atom is 0.244 e. The van der Waals surface area contributed by atoms with Crippen molar-refractivity contribution in [2.75, 3.05) is 19.8 Å². The molecule has 2 heterocycles. The summed E-state index contributed by atoms with van der Waals surface area (Å²) in [5.41, 5.74) is 1.48. The Hall–Kier alpha value is -2.89. The van der Waals surface area contributed by atoms with Crippen LogP contribution < -0.4 is 14.8 Å². The number of ether oxygens (including phenoxy) is 2. The molecule has 6 nitrogen and oxygen atoms in total. The molecule has 2 aromatic rings. The number of fused-ring (bicyclic) bond motifs is 1. The van der Waals surface area contributed by atoms with E-state index in [1.54, 1.807) is 24.7 Å². The molecule has 0 saturated carbocycles. The van der Waals surface area contributed by atoms with Crippen molar-refractivity contribution in [2.45, 2.75) is 19.3 Å². The Labute approximate surface area is 146 Å². The summed E-state index contributed by atoms with van der Waals surface area (Å²) in [6, 6.07) is 5.91. The second kappa shape index (κ2) is 7.34. The van der Waals surface area contributed by atoms with Crippen molar-refractivity contribution in [3.05, 3.63) is 54.1 Å². The van der Waals surface area contributed by atoms with Crippen LogP contribution in [0.15, 0.2) is 42.9 Å². The van der Waals surface area contributed by atoms with E-state index in [1.807, 2.05) is 18.2 Å². The molecule has 0 spiro atoms. The van der Waals surface area contributed by atoms with Crippen LogP contribution in [0.5, 0.6) is 11.5 Å². The molecule has 1 aromatic carbocycles. The minimum atomic E-state index is -0.244. The molecule has 0 saturated heterocycles. The third-order valence-electron chi connectivity index (χ3n) is 4.02. The fraction of sp³-hybridized carbons (Fsp3) is 0.316. The minimum Gasteiger partial charge on any atom is -0.486 e. The van der Waals surface area contributed by atoms with Crippen LogP contribution in [-0.2, 0) is 10.2 Å². The van der Waals surface area contributed by atoms with Crippen LogP contribution in [0.25, 0.3) is 6.08 Å². The van der Waals surface area contributed by atoms with Gasteiger partial charge in [0.2, 0.25) is 5.91 Å². The van der Waals surface area contributed by atoms with Crippen molar-refractivity contribution in [3.8, 4) is 11.5 Å². The van der Waals surface area contributed by atoms with Crippen molar-refractivity contribution in [2.24, 2.45) is 0 Å². The van der Waals surface area contributed by atoms with E-state index in [9.17, 15) is 4.79 Å². The Kier molecular flexibility index (Phi) is 4.97. The van der Waals surface area contributed by atoms with Crippen molar-refractivity contribution >= 4 is 12.0 Å². The van der Waals surface area contributed by atoms with Crippen molar-refractivity contribution < 1.29 is 14.3 Å². The smallest absolute Gasteiger partial charge is 0.244 e. The summed E-state index contributed by atoms with van der Waals surface area (Å²) in [7, 11) is 0. The van der Waals surface area contributed by atoms with E-state index in [2.05, 4.69) is 29.1 Å². The Morgan fingerprint density at radius 3 is 2.80 bits per heavy atom. The summed E-state index contributed by atoms with van der Waals surface area (Å²) in [5, 5.41) is 2.93. The Morgan fingerprint density at radius 1 is 1.24 bits per heavy atom. The lowest BCUT2D eigenvalue weighted by atomic mass is 9.84. The predicted molar refractivity (Wildman–Crippen MR) is 94.5 cm³/mol. The van der Waals surface area contributed by atoms with Crippen LogP contribution in [0.3, 0.4) is 0 Å². The first-order chi connectivity index (χ1) is 12.0. The fourth-order valence-corrected chi connectivity index (χ4v) is 2.49. The second-order valence-corrected chi connectivity index (χ2v) is 6.42. The third kappa shape index (κ3) is 4.35. The van der Waals surface area contributed by atoms with Gasteiger partial charge < -0.3 is 14.8 Å². The van der Waals surface area contributed by atoms with Gasteiger partial charge in [-0.05, 0) is 23.8 Å². The van der Waals surface area contributed by atoms with Crippen LogP contribution in [0.2, 0.25) is 0 Å². The number of rotatable bonds is 5. The highest BCUT2D eigenvalue weighted by molar-refractivity contribution is 5.91. The van der Waals surface area contributed by atoms with Crippen LogP contribution in [-0.4, -0.2) is 35.6 Å². The third-order valence-corrected chi connectivity index (χ3v) is 4.02. The monoisotopic (exact) mass is 339 g/mol. The summed E-state index contributed by atoms with van der Waals surface area (Å²) >= 11 is 0. The average Bonchev–Trinajstić information content (AvgIpc) is 2.65. The summed E-state index contributed by atoms with van der Waals surface area (Å²) < 4.78 is 11.2. The van der Waals surface area contributed by atoms with Crippen LogP contribution in [0, 0.1) is 0 Å². The molecule has 0 unspecified atom stereocenters. The van der Waals surface area contributed by atoms with Gasteiger partial charge in [-0.2, -0.15) is 0 Å². The largest absolute Gasteiger partial charge is 0.486 e. The zero-order valence-electron chi connectivity index (χ0n) is 14.4. The molecule has 1 amide bonds. The maximum absolute atomic E-state index is 12.0. The number of hydrogen-bond acceptors (Lipinski definition) is 5. The topological polar surface area (TPSA) is 73.3 Å². The average molecular weight is 339 g/mol. The lowest BCUT2D eigenvalue weighted by Crippen LogP contribution is -2.36. The fourth-order valence-electron chi connectivity index (χ4n) is 2.49. The molecule has 3 rings (SSSR count). The van der Waals surface area contributed by atoms with E-state index in [4.69, 9.17) is 9.47 Å². The number of carbonyl (C=O) groups is 1. The zero-order valence-corrected chi connectivity index (χ0v) is 14.4. The van der Waals surface area contributed by atoms with Crippen molar-refractivity contribution in [1.82, 2.24) is 15.3 Å². The molecule has 0 fully saturated rings. The lowest BCUT2D eigenvalue weighted by molar-refractivity contribution is -0.116. The lowest BCUT2D eigenvalue weighted by Gasteiger charge is -2.27. The van der Waals surface area contributed by atoms with E-state index < -0.39 is 0 Å². The van der Waals surface area contributed by atoms with Gasteiger partial charge in [0, 0.05) is 30.4 Å². The molecule has 1 N–H and O–H groups in total. The van der Waals surface area contributed by atoms with E-state index in [0.29, 0.717) is 25.5 Å². The summed E-state index contributed by atoms with van der Waals surface area (Å²) in [6.07, 6.45) is 7.88. The zero-order chi connectivity index (χ0) is 17.7. The van der Waals surface area contributed by atoms with Gasteiger partial charge in [-0.25, -0.2) is 0 Å². The molecule has 25 heavy (non-hydrogen) atoms. The highest BCUT2D eigenvalue weighted by atomic mass is 16.6. The van der Waals surface area contributed by atoms with E-state index in [-0.39, 0.29) is 11.3 Å². The highest BCUT2D eigenvalue weighted by Crippen LogP contribution is 2.34. The van der Waals surface area contributed by atoms with Crippen LogP contribution >= 0.6 is 0 Å². The van der Waals surface area contributed by atoms with Gasteiger partial charge in [-0.15, -0.1) is 0 Å². The van der Waals surface area contributed by atoms with Gasteiger partial charge in [0.25, 0.3) is 0 Å². The molecule has 1 aromatic heterocycles. The Bertz CT molecular complexity index is 773. The quantitative estimate of drug-likeness (QED) is 0.847. The first-order valence-corrected chi connectivity index (χ1v) is 8.17. The van der Waals surface area contributed by atoms with Gasteiger partial charge in [-0.1, -0.05) is 19.9 Å². The van der Waals surface area contributed by atoms with Gasteiger partial charge in [-0.3, -0.25) is 14.8 Å². The molecule has 1 aliphatic heterocycles. The van der Waals surface area contributed by atoms with E-state index in [0.717, 1.165) is 17.1 Å². The molecule has 130 valence electrons.